The van der Waals surface area contributed by atoms with Gasteiger partial charge in [-0.15, -0.1) is 0 Å². The summed E-state index contributed by atoms with van der Waals surface area (Å²) in [4.78, 5) is 6.63. The fourth-order valence-electron chi connectivity index (χ4n) is 1.26. The Morgan fingerprint density at radius 2 is 1.75 bits per heavy atom. The van der Waals surface area contributed by atoms with E-state index in [0.29, 0.717) is 13.1 Å². The Morgan fingerprint density at radius 3 is 2.12 bits per heavy atom. The summed E-state index contributed by atoms with van der Waals surface area (Å²) in [5, 5.41) is 0.917. The molecule has 0 amide bonds. The van der Waals surface area contributed by atoms with E-state index < -0.39 is 0 Å². The van der Waals surface area contributed by atoms with Crippen LogP contribution in [0.3, 0.4) is 0 Å². The molecular formula is C10H21N5S. The molecule has 1 aromatic rings. The fourth-order valence-corrected chi connectivity index (χ4v) is 2.17. The lowest BCUT2D eigenvalue weighted by molar-refractivity contribution is 0.554. The summed E-state index contributed by atoms with van der Waals surface area (Å²) in [5.41, 5.74) is 11.1. The Kier molecular flexibility index (Phi) is 4.64. The molecule has 0 aliphatic carbocycles. The second-order valence-corrected chi connectivity index (χ2v) is 5.45. The van der Waals surface area contributed by atoms with Crippen LogP contribution >= 0.6 is 11.5 Å². The van der Waals surface area contributed by atoms with Gasteiger partial charge in [-0.05, 0) is 0 Å². The number of anilines is 1. The van der Waals surface area contributed by atoms with E-state index >= 15 is 0 Å². The highest BCUT2D eigenvalue weighted by Gasteiger charge is 2.21. The van der Waals surface area contributed by atoms with Gasteiger partial charge in [0.05, 0.1) is 0 Å². The molecule has 1 heterocycles. The molecule has 5 nitrogen and oxygen atoms in total. The quantitative estimate of drug-likeness (QED) is 0.790. The minimum Gasteiger partial charge on any atom is -0.344 e. The van der Waals surface area contributed by atoms with Crippen molar-refractivity contribution in [3.05, 3.63) is 5.82 Å². The molecule has 0 bridgehead atoms. The van der Waals surface area contributed by atoms with E-state index in [1.807, 2.05) is 0 Å². The zero-order valence-corrected chi connectivity index (χ0v) is 11.0. The first-order valence-electron chi connectivity index (χ1n) is 5.48. The van der Waals surface area contributed by atoms with E-state index in [-0.39, 0.29) is 5.41 Å². The number of nitrogens with two attached hydrogens (primary N) is 2. The SMILES string of the molecule is CC(C)(C)c1nsc(N(CCN)CCN)n1. The van der Waals surface area contributed by atoms with Gasteiger partial charge < -0.3 is 16.4 Å². The summed E-state index contributed by atoms with van der Waals surface area (Å²) in [6.45, 7) is 9.07. The monoisotopic (exact) mass is 243 g/mol. The maximum Gasteiger partial charge on any atom is 0.205 e. The average Bonchev–Trinajstić information content (AvgIpc) is 2.65. The predicted molar refractivity (Wildman–Crippen MR) is 68.9 cm³/mol. The molecule has 92 valence electrons. The van der Waals surface area contributed by atoms with Crippen molar-refractivity contribution in [2.45, 2.75) is 26.2 Å². The highest BCUT2D eigenvalue weighted by molar-refractivity contribution is 7.09. The normalized spacial score (nSPS) is 11.8. The molecule has 0 unspecified atom stereocenters. The van der Waals surface area contributed by atoms with E-state index in [4.69, 9.17) is 11.5 Å². The minimum absolute atomic E-state index is 0.00809. The summed E-state index contributed by atoms with van der Waals surface area (Å²) < 4.78 is 4.38. The smallest absolute Gasteiger partial charge is 0.205 e. The molecular weight excluding hydrogens is 222 g/mol. The summed E-state index contributed by atoms with van der Waals surface area (Å²) in [7, 11) is 0. The van der Waals surface area contributed by atoms with Gasteiger partial charge in [0.1, 0.15) is 5.82 Å². The number of hydrogen-bond acceptors (Lipinski definition) is 6. The lowest BCUT2D eigenvalue weighted by Gasteiger charge is -2.19. The Balaban J connectivity index is 2.81. The maximum atomic E-state index is 5.56. The molecule has 0 aromatic carbocycles. The van der Waals surface area contributed by atoms with Gasteiger partial charge in [-0.3, -0.25) is 0 Å². The number of aromatic nitrogens is 2. The van der Waals surface area contributed by atoms with Crippen LogP contribution in [0.2, 0.25) is 0 Å². The highest BCUT2D eigenvalue weighted by Crippen LogP contribution is 2.24. The van der Waals surface area contributed by atoms with Crippen LogP contribution in [0.1, 0.15) is 26.6 Å². The van der Waals surface area contributed by atoms with Gasteiger partial charge in [-0.25, -0.2) is 4.98 Å². The van der Waals surface area contributed by atoms with Gasteiger partial charge >= 0.3 is 0 Å². The lowest BCUT2D eigenvalue weighted by Crippen LogP contribution is -2.33. The molecule has 4 N–H and O–H groups in total. The van der Waals surface area contributed by atoms with Crippen LogP contribution in [-0.2, 0) is 5.41 Å². The van der Waals surface area contributed by atoms with Crippen molar-refractivity contribution in [1.29, 1.82) is 0 Å². The van der Waals surface area contributed by atoms with E-state index in [0.717, 1.165) is 24.0 Å². The second kappa shape index (κ2) is 5.56. The van der Waals surface area contributed by atoms with E-state index in [2.05, 4.69) is 35.0 Å². The van der Waals surface area contributed by atoms with E-state index in [9.17, 15) is 0 Å². The van der Waals surface area contributed by atoms with Crippen molar-refractivity contribution in [1.82, 2.24) is 9.36 Å². The van der Waals surface area contributed by atoms with Crippen LogP contribution in [0, 0.1) is 0 Å². The van der Waals surface area contributed by atoms with E-state index in [1.165, 1.54) is 11.5 Å². The molecule has 0 fully saturated rings. The molecule has 0 spiro atoms. The zero-order chi connectivity index (χ0) is 12.2. The van der Waals surface area contributed by atoms with Gasteiger partial charge in [0.25, 0.3) is 0 Å². The minimum atomic E-state index is -0.00809. The molecule has 6 heteroatoms. The van der Waals surface area contributed by atoms with Crippen LogP contribution in [0.4, 0.5) is 5.13 Å². The Bertz CT molecular complexity index is 311. The average molecular weight is 243 g/mol. The molecule has 0 atom stereocenters. The van der Waals surface area contributed by atoms with Crippen molar-refractivity contribution in [2.24, 2.45) is 11.5 Å². The summed E-state index contributed by atoms with van der Waals surface area (Å²) in [6, 6.07) is 0. The van der Waals surface area contributed by atoms with Crippen molar-refractivity contribution in [2.75, 3.05) is 31.1 Å². The van der Waals surface area contributed by atoms with Crippen molar-refractivity contribution in [3.8, 4) is 0 Å². The van der Waals surface area contributed by atoms with E-state index in [1.54, 1.807) is 0 Å². The topological polar surface area (TPSA) is 81.1 Å². The number of nitrogens with zero attached hydrogens (tertiary/aromatic N) is 3. The molecule has 0 aliphatic rings. The van der Waals surface area contributed by atoms with Crippen LogP contribution < -0.4 is 16.4 Å². The van der Waals surface area contributed by atoms with Crippen molar-refractivity contribution < 1.29 is 0 Å². The third kappa shape index (κ3) is 3.40. The maximum absolute atomic E-state index is 5.56. The Labute approximate surface area is 101 Å². The van der Waals surface area contributed by atoms with Gasteiger partial charge in [0.15, 0.2) is 0 Å². The Hall–Kier alpha value is -0.720. The van der Waals surface area contributed by atoms with Gasteiger partial charge in [0.2, 0.25) is 5.13 Å². The number of rotatable bonds is 5. The summed E-state index contributed by atoms with van der Waals surface area (Å²) in [5.74, 6) is 0.881. The summed E-state index contributed by atoms with van der Waals surface area (Å²) >= 11 is 1.42. The number of hydrogen-bond donors (Lipinski definition) is 2. The molecule has 0 radical (unpaired) electrons. The zero-order valence-electron chi connectivity index (χ0n) is 10.2. The molecule has 0 saturated carbocycles. The Morgan fingerprint density at radius 1 is 1.19 bits per heavy atom. The molecule has 1 aromatic heterocycles. The first-order valence-corrected chi connectivity index (χ1v) is 6.25. The largest absolute Gasteiger partial charge is 0.344 e. The van der Waals surface area contributed by atoms with Crippen LogP contribution in [-0.4, -0.2) is 35.5 Å². The van der Waals surface area contributed by atoms with Gasteiger partial charge in [0, 0.05) is 43.1 Å². The molecule has 0 aliphatic heterocycles. The predicted octanol–water partition coefficient (Wildman–Crippen LogP) is 0.559. The third-order valence-electron chi connectivity index (χ3n) is 2.15. The van der Waals surface area contributed by atoms with Crippen molar-refractivity contribution >= 4 is 16.7 Å². The van der Waals surface area contributed by atoms with Crippen LogP contribution in [0.25, 0.3) is 0 Å². The molecule has 1 rings (SSSR count). The lowest BCUT2D eigenvalue weighted by atomic mass is 9.96. The second-order valence-electron chi connectivity index (χ2n) is 4.71. The summed E-state index contributed by atoms with van der Waals surface area (Å²) in [6.07, 6.45) is 0. The fraction of sp³-hybridized carbons (Fsp3) is 0.800. The van der Waals surface area contributed by atoms with Crippen LogP contribution in [0.15, 0.2) is 0 Å². The molecule has 16 heavy (non-hydrogen) atoms. The highest BCUT2D eigenvalue weighted by atomic mass is 32.1. The van der Waals surface area contributed by atoms with Gasteiger partial charge in [-0.2, -0.15) is 4.37 Å². The molecule has 0 saturated heterocycles. The first kappa shape index (κ1) is 13.3. The van der Waals surface area contributed by atoms with Gasteiger partial charge in [-0.1, -0.05) is 20.8 Å². The standard InChI is InChI=1S/C10H21N5S/c1-10(2,3)8-13-9(16-14-8)15(6-4-11)7-5-12/h4-7,11-12H2,1-3H3. The van der Waals surface area contributed by atoms with Crippen LogP contribution in [0.5, 0.6) is 0 Å². The first-order chi connectivity index (χ1) is 7.49. The third-order valence-corrected chi connectivity index (χ3v) is 2.93. The van der Waals surface area contributed by atoms with Crippen molar-refractivity contribution in [3.63, 3.8) is 0 Å².